The second-order valence-electron chi connectivity index (χ2n) is 4.02. The van der Waals surface area contributed by atoms with Crippen molar-refractivity contribution in [1.82, 2.24) is 5.32 Å². The maximum absolute atomic E-state index is 3.51. The Kier molecular flexibility index (Phi) is 5.81. The first-order chi connectivity index (χ1) is 7.24. The molecule has 0 heterocycles. The molecule has 0 fully saturated rings. The van der Waals surface area contributed by atoms with E-state index < -0.39 is 0 Å². The van der Waals surface area contributed by atoms with Crippen molar-refractivity contribution >= 4 is 11.8 Å². The first kappa shape index (κ1) is 12.6. The van der Waals surface area contributed by atoms with Gasteiger partial charge in [-0.15, -0.1) is 0 Å². The Morgan fingerprint density at radius 1 is 1.13 bits per heavy atom. The van der Waals surface area contributed by atoms with Crippen LogP contribution < -0.4 is 5.32 Å². The maximum atomic E-state index is 3.51. The second-order valence-corrected chi connectivity index (χ2v) is 5.29. The zero-order valence-electron chi connectivity index (χ0n) is 9.86. The molecule has 1 aromatic rings. The summed E-state index contributed by atoms with van der Waals surface area (Å²) in [7, 11) is 0. The van der Waals surface area contributed by atoms with E-state index in [1.165, 1.54) is 5.56 Å². The van der Waals surface area contributed by atoms with Gasteiger partial charge < -0.3 is 5.32 Å². The van der Waals surface area contributed by atoms with Gasteiger partial charge in [0.05, 0.1) is 0 Å². The molecule has 1 rings (SSSR count). The highest BCUT2D eigenvalue weighted by molar-refractivity contribution is 7.99. The lowest BCUT2D eigenvalue weighted by atomic mass is 10.0. The van der Waals surface area contributed by atoms with Crippen molar-refractivity contribution in [2.45, 2.75) is 25.0 Å². The van der Waals surface area contributed by atoms with E-state index in [9.17, 15) is 0 Å². The number of thioether (sulfide) groups is 1. The Morgan fingerprint density at radius 3 is 2.40 bits per heavy atom. The average molecular weight is 223 g/mol. The summed E-state index contributed by atoms with van der Waals surface area (Å²) in [6, 6.07) is 10.7. The van der Waals surface area contributed by atoms with E-state index in [-0.39, 0.29) is 0 Å². The van der Waals surface area contributed by atoms with E-state index >= 15 is 0 Å². The summed E-state index contributed by atoms with van der Waals surface area (Å²) in [5, 5.41) is 4.22. The molecule has 2 unspecified atom stereocenters. The smallest absolute Gasteiger partial charge is 0.0141 e. The van der Waals surface area contributed by atoms with E-state index in [0.717, 1.165) is 13.1 Å². The van der Waals surface area contributed by atoms with Gasteiger partial charge in [-0.05, 0) is 17.7 Å². The number of hydrogen-bond acceptors (Lipinski definition) is 2. The highest BCUT2D eigenvalue weighted by Gasteiger charge is 2.05. The molecule has 2 atom stereocenters. The summed E-state index contributed by atoms with van der Waals surface area (Å²) in [4.78, 5) is 0. The molecule has 0 aliphatic carbocycles. The fourth-order valence-corrected chi connectivity index (χ4v) is 1.77. The van der Waals surface area contributed by atoms with E-state index in [0.29, 0.717) is 11.2 Å². The minimum atomic E-state index is 0.597. The van der Waals surface area contributed by atoms with Crippen LogP contribution in [0.4, 0.5) is 0 Å². The third-order valence-electron chi connectivity index (χ3n) is 2.65. The zero-order chi connectivity index (χ0) is 11.1. The SMILES string of the molecule is CSC(C)CNCC(C)c1ccccc1. The molecule has 0 radical (unpaired) electrons. The summed E-state index contributed by atoms with van der Waals surface area (Å²) in [5.74, 6) is 0.597. The summed E-state index contributed by atoms with van der Waals surface area (Å²) in [5.41, 5.74) is 1.42. The van der Waals surface area contributed by atoms with Crippen LogP contribution in [0.1, 0.15) is 25.3 Å². The Balaban J connectivity index is 2.28. The number of nitrogens with one attached hydrogen (secondary N) is 1. The molecule has 0 amide bonds. The molecule has 0 aliphatic rings. The van der Waals surface area contributed by atoms with Gasteiger partial charge >= 0.3 is 0 Å². The minimum Gasteiger partial charge on any atom is -0.315 e. The topological polar surface area (TPSA) is 12.0 Å². The van der Waals surface area contributed by atoms with Gasteiger partial charge in [0.15, 0.2) is 0 Å². The molecule has 1 N–H and O–H groups in total. The molecule has 2 heteroatoms. The third kappa shape index (κ3) is 4.72. The minimum absolute atomic E-state index is 0.597. The van der Waals surface area contributed by atoms with Crippen molar-refractivity contribution in [3.05, 3.63) is 35.9 Å². The van der Waals surface area contributed by atoms with Crippen LogP contribution in [0.25, 0.3) is 0 Å². The highest BCUT2D eigenvalue weighted by atomic mass is 32.2. The molecule has 0 saturated heterocycles. The summed E-state index contributed by atoms with van der Waals surface area (Å²) in [6.07, 6.45) is 2.16. The first-order valence-electron chi connectivity index (χ1n) is 5.52. The molecule has 0 aliphatic heterocycles. The van der Waals surface area contributed by atoms with Crippen LogP contribution in [0.2, 0.25) is 0 Å². The van der Waals surface area contributed by atoms with Gasteiger partial charge in [-0.25, -0.2) is 0 Å². The number of rotatable bonds is 6. The fraction of sp³-hybridized carbons (Fsp3) is 0.538. The van der Waals surface area contributed by atoms with Crippen LogP contribution >= 0.6 is 11.8 Å². The average Bonchev–Trinajstić information content (AvgIpc) is 2.29. The van der Waals surface area contributed by atoms with Crippen LogP contribution in [0, 0.1) is 0 Å². The van der Waals surface area contributed by atoms with E-state index in [1.54, 1.807) is 0 Å². The molecule has 1 aromatic carbocycles. The van der Waals surface area contributed by atoms with Gasteiger partial charge in [0.1, 0.15) is 0 Å². The van der Waals surface area contributed by atoms with E-state index in [4.69, 9.17) is 0 Å². The Hall–Kier alpha value is -0.470. The predicted octanol–water partition coefficient (Wildman–Crippen LogP) is 3.13. The molecule has 84 valence electrons. The number of benzene rings is 1. The molecule has 0 spiro atoms. The fourth-order valence-electron chi connectivity index (χ4n) is 1.49. The molecule has 0 bridgehead atoms. The monoisotopic (exact) mass is 223 g/mol. The molecule has 1 nitrogen and oxygen atoms in total. The van der Waals surface area contributed by atoms with Crippen LogP contribution in [0.5, 0.6) is 0 Å². The van der Waals surface area contributed by atoms with Gasteiger partial charge in [-0.2, -0.15) is 11.8 Å². The van der Waals surface area contributed by atoms with Crippen molar-refractivity contribution < 1.29 is 0 Å². The molecule has 0 saturated carbocycles. The maximum Gasteiger partial charge on any atom is 0.0141 e. The summed E-state index contributed by atoms with van der Waals surface area (Å²) in [6.45, 7) is 6.68. The summed E-state index contributed by atoms with van der Waals surface area (Å²) < 4.78 is 0. The summed E-state index contributed by atoms with van der Waals surface area (Å²) >= 11 is 1.91. The molecule has 0 aromatic heterocycles. The third-order valence-corrected chi connectivity index (χ3v) is 3.62. The van der Waals surface area contributed by atoms with Crippen molar-refractivity contribution in [1.29, 1.82) is 0 Å². The molecule has 15 heavy (non-hydrogen) atoms. The largest absolute Gasteiger partial charge is 0.315 e. The Morgan fingerprint density at radius 2 is 1.80 bits per heavy atom. The van der Waals surface area contributed by atoms with Crippen LogP contribution in [-0.4, -0.2) is 24.6 Å². The predicted molar refractivity (Wildman–Crippen MR) is 70.7 cm³/mol. The standard InChI is InChI=1S/C13H21NS/c1-11(9-14-10-12(2)15-3)13-7-5-4-6-8-13/h4-8,11-12,14H,9-10H2,1-3H3. The molecular weight excluding hydrogens is 202 g/mol. The quantitative estimate of drug-likeness (QED) is 0.795. The van der Waals surface area contributed by atoms with E-state index in [2.05, 4.69) is 55.8 Å². The zero-order valence-corrected chi connectivity index (χ0v) is 10.7. The molecular formula is C13H21NS. The lowest BCUT2D eigenvalue weighted by Gasteiger charge is -2.15. The van der Waals surface area contributed by atoms with Gasteiger partial charge in [0.25, 0.3) is 0 Å². The van der Waals surface area contributed by atoms with Crippen molar-refractivity contribution in [2.75, 3.05) is 19.3 Å². The van der Waals surface area contributed by atoms with Gasteiger partial charge in [-0.1, -0.05) is 44.2 Å². The van der Waals surface area contributed by atoms with Crippen molar-refractivity contribution in [3.8, 4) is 0 Å². The van der Waals surface area contributed by atoms with Crippen molar-refractivity contribution in [3.63, 3.8) is 0 Å². The lowest BCUT2D eigenvalue weighted by molar-refractivity contribution is 0.614. The highest BCUT2D eigenvalue weighted by Crippen LogP contribution is 2.13. The van der Waals surface area contributed by atoms with Gasteiger partial charge in [0, 0.05) is 18.3 Å². The Bertz CT molecular complexity index is 260. The normalized spacial score (nSPS) is 14.9. The van der Waals surface area contributed by atoms with E-state index in [1.807, 2.05) is 11.8 Å². The van der Waals surface area contributed by atoms with Gasteiger partial charge in [0.2, 0.25) is 0 Å². The Labute approximate surface area is 97.7 Å². The van der Waals surface area contributed by atoms with Crippen LogP contribution in [-0.2, 0) is 0 Å². The van der Waals surface area contributed by atoms with Gasteiger partial charge in [-0.3, -0.25) is 0 Å². The van der Waals surface area contributed by atoms with Crippen LogP contribution in [0.15, 0.2) is 30.3 Å². The second kappa shape index (κ2) is 6.91. The van der Waals surface area contributed by atoms with Crippen molar-refractivity contribution in [2.24, 2.45) is 0 Å². The van der Waals surface area contributed by atoms with Crippen LogP contribution in [0.3, 0.4) is 0 Å². The number of hydrogen-bond donors (Lipinski definition) is 1. The first-order valence-corrected chi connectivity index (χ1v) is 6.81. The lowest BCUT2D eigenvalue weighted by Crippen LogP contribution is -2.26.